The van der Waals surface area contributed by atoms with Crippen molar-refractivity contribution in [2.45, 2.75) is 39.3 Å². The summed E-state index contributed by atoms with van der Waals surface area (Å²) in [6, 6.07) is 7.44. The van der Waals surface area contributed by atoms with Gasteiger partial charge in [0.2, 0.25) is 0 Å². The zero-order valence-corrected chi connectivity index (χ0v) is 17.1. The third-order valence-electron chi connectivity index (χ3n) is 3.53. The third kappa shape index (κ3) is 9.50. The number of aliphatic imine (C=N–C) groups is 1. The second kappa shape index (κ2) is 10.9. The molecule has 26 heavy (non-hydrogen) atoms. The molecule has 0 amide bonds. The fourth-order valence-corrected chi connectivity index (χ4v) is 2.96. The first kappa shape index (κ1) is 22.1. The number of sulfone groups is 1. The summed E-state index contributed by atoms with van der Waals surface area (Å²) < 4.78 is 33.6. The van der Waals surface area contributed by atoms with Gasteiger partial charge in [0.1, 0.15) is 27.4 Å². The van der Waals surface area contributed by atoms with Crippen molar-refractivity contribution in [1.82, 2.24) is 10.6 Å². The number of rotatable bonds is 10. The molecule has 0 spiro atoms. The average Bonchev–Trinajstić information content (AvgIpc) is 2.57. The molecule has 0 heterocycles. The Labute approximate surface area is 157 Å². The van der Waals surface area contributed by atoms with Gasteiger partial charge in [0.05, 0.1) is 19.4 Å². The Balaban J connectivity index is 2.58. The monoisotopic (exact) mass is 385 g/mol. The molecular weight excluding hydrogens is 354 g/mol. The fourth-order valence-electron chi connectivity index (χ4n) is 2.18. The molecule has 0 aliphatic heterocycles. The van der Waals surface area contributed by atoms with Gasteiger partial charge < -0.3 is 20.1 Å². The minimum absolute atomic E-state index is 0.00265. The molecule has 1 aromatic rings. The molecule has 0 bridgehead atoms. The van der Waals surface area contributed by atoms with Crippen molar-refractivity contribution in [1.29, 1.82) is 0 Å². The van der Waals surface area contributed by atoms with Crippen molar-refractivity contribution in [3.63, 3.8) is 0 Å². The first-order valence-corrected chi connectivity index (χ1v) is 10.8. The molecule has 2 atom stereocenters. The predicted molar refractivity (Wildman–Crippen MR) is 106 cm³/mol. The molecule has 1 rings (SSSR count). The van der Waals surface area contributed by atoms with E-state index in [1.807, 2.05) is 45.0 Å². The number of hydrogen-bond acceptors (Lipinski definition) is 5. The minimum atomic E-state index is -2.96. The molecular formula is C18H31N3O4S. The van der Waals surface area contributed by atoms with E-state index in [-0.39, 0.29) is 17.9 Å². The number of nitrogens with zero attached hydrogens (tertiary/aromatic N) is 1. The molecule has 8 heteroatoms. The largest absolute Gasteiger partial charge is 0.497 e. The Morgan fingerprint density at radius 2 is 1.96 bits per heavy atom. The van der Waals surface area contributed by atoms with Crippen molar-refractivity contribution < 1.29 is 17.9 Å². The Kier molecular flexibility index (Phi) is 9.26. The van der Waals surface area contributed by atoms with Crippen LogP contribution in [0.1, 0.15) is 27.2 Å². The molecule has 7 nitrogen and oxygen atoms in total. The van der Waals surface area contributed by atoms with Gasteiger partial charge in [-0.3, -0.25) is 0 Å². The summed E-state index contributed by atoms with van der Waals surface area (Å²) in [5, 5.41) is 6.39. The van der Waals surface area contributed by atoms with Gasteiger partial charge in [-0.1, -0.05) is 6.07 Å². The van der Waals surface area contributed by atoms with E-state index in [1.165, 1.54) is 6.26 Å². The Hall–Kier alpha value is -1.96. The van der Waals surface area contributed by atoms with Crippen molar-refractivity contribution >= 4 is 15.8 Å². The average molecular weight is 386 g/mol. The molecule has 0 aliphatic carbocycles. The van der Waals surface area contributed by atoms with E-state index in [4.69, 9.17) is 9.47 Å². The lowest BCUT2D eigenvalue weighted by atomic mass is 10.3. The molecule has 2 N–H and O–H groups in total. The van der Waals surface area contributed by atoms with Crippen LogP contribution in [-0.2, 0) is 9.84 Å². The zero-order valence-electron chi connectivity index (χ0n) is 16.3. The van der Waals surface area contributed by atoms with Crippen LogP contribution in [0.15, 0.2) is 29.3 Å². The van der Waals surface area contributed by atoms with E-state index < -0.39 is 9.84 Å². The number of ether oxygens (including phenoxy) is 2. The molecule has 0 aromatic heterocycles. The first-order chi connectivity index (χ1) is 12.2. The van der Waals surface area contributed by atoms with E-state index in [1.54, 1.807) is 7.11 Å². The lowest BCUT2D eigenvalue weighted by Gasteiger charge is -2.19. The zero-order chi connectivity index (χ0) is 19.6. The number of hydrogen-bond donors (Lipinski definition) is 2. The van der Waals surface area contributed by atoms with Gasteiger partial charge in [-0.2, -0.15) is 0 Å². The standard InChI is InChI=1S/C18H31N3O4S/c1-6-19-18(21-14(2)10-11-26(5,22)23)20-13-15(3)25-17-9-7-8-16(12-17)24-4/h7-9,12,14-15H,6,10-11,13H2,1-5H3,(H2,19,20,21). The molecule has 2 unspecified atom stereocenters. The molecule has 0 saturated heterocycles. The van der Waals surface area contributed by atoms with Crippen LogP contribution in [0.2, 0.25) is 0 Å². The van der Waals surface area contributed by atoms with Crippen LogP contribution in [-0.4, -0.2) is 58.7 Å². The highest BCUT2D eigenvalue weighted by molar-refractivity contribution is 7.90. The topological polar surface area (TPSA) is 89.0 Å². The van der Waals surface area contributed by atoms with Gasteiger partial charge in [0.15, 0.2) is 5.96 Å². The number of nitrogens with one attached hydrogen (secondary N) is 2. The minimum Gasteiger partial charge on any atom is -0.497 e. The lowest BCUT2D eigenvalue weighted by molar-refractivity contribution is 0.229. The van der Waals surface area contributed by atoms with Crippen molar-refractivity contribution in [2.24, 2.45) is 4.99 Å². The first-order valence-electron chi connectivity index (χ1n) is 8.76. The van der Waals surface area contributed by atoms with Crippen LogP contribution in [0.5, 0.6) is 11.5 Å². The highest BCUT2D eigenvalue weighted by Crippen LogP contribution is 2.19. The molecule has 0 saturated carbocycles. The SMILES string of the molecule is CCNC(=NCC(C)Oc1cccc(OC)c1)NC(C)CCS(C)(=O)=O. The number of methoxy groups -OCH3 is 1. The lowest BCUT2D eigenvalue weighted by Crippen LogP contribution is -2.43. The van der Waals surface area contributed by atoms with Crippen LogP contribution in [0.25, 0.3) is 0 Å². The van der Waals surface area contributed by atoms with E-state index >= 15 is 0 Å². The molecule has 0 aliphatic rings. The quantitative estimate of drug-likeness (QED) is 0.472. The van der Waals surface area contributed by atoms with Crippen molar-refractivity contribution in [2.75, 3.05) is 32.2 Å². The van der Waals surface area contributed by atoms with E-state index in [2.05, 4.69) is 15.6 Å². The molecule has 148 valence electrons. The number of guanidine groups is 1. The second-order valence-corrected chi connectivity index (χ2v) is 8.55. The van der Waals surface area contributed by atoms with Gasteiger partial charge in [0, 0.05) is 24.9 Å². The summed E-state index contributed by atoms with van der Waals surface area (Å²) >= 11 is 0. The van der Waals surface area contributed by atoms with Gasteiger partial charge in [-0.05, 0) is 39.3 Å². The fraction of sp³-hybridized carbons (Fsp3) is 0.611. The maximum Gasteiger partial charge on any atom is 0.191 e. The van der Waals surface area contributed by atoms with Crippen LogP contribution in [0, 0.1) is 0 Å². The Bertz CT molecular complexity index is 677. The summed E-state index contributed by atoms with van der Waals surface area (Å²) in [5.41, 5.74) is 0. The summed E-state index contributed by atoms with van der Waals surface area (Å²) in [4.78, 5) is 4.53. The predicted octanol–water partition coefficient (Wildman–Crippen LogP) is 1.84. The normalized spacial score (nSPS) is 14.4. The molecule has 0 fully saturated rings. The van der Waals surface area contributed by atoms with Gasteiger partial charge in [0.25, 0.3) is 0 Å². The Morgan fingerprint density at radius 1 is 1.27 bits per heavy atom. The van der Waals surface area contributed by atoms with Crippen LogP contribution < -0.4 is 20.1 Å². The van der Waals surface area contributed by atoms with E-state index in [0.717, 1.165) is 18.0 Å². The highest BCUT2D eigenvalue weighted by Gasteiger charge is 2.10. The van der Waals surface area contributed by atoms with Gasteiger partial charge >= 0.3 is 0 Å². The smallest absolute Gasteiger partial charge is 0.191 e. The third-order valence-corrected chi connectivity index (χ3v) is 4.51. The summed E-state index contributed by atoms with van der Waals surface area (Å²) in [5.74, 6) is 2.27. The maximum absolute atomic E-state index is 11.3. The summed E-state index contributed by atoms with van der Waals surface area (Å²) in [7, 11) is -1.35. The van der Waals surface area contributed by atoms with Gasteiger partial charge in [-0.25, -0.2) is 13.4 Å². The van der Waals surface area contributed by atoms with Gasteiger partial charge in [-0.15, -0.1) is 0 Å². The number of benzene rings is 1. The highest BCUT2D eigenvalue weighted by atomic mass is 32.2. The Morgan fingerprint density at radius 3 is 2.58 bits per heavy atom. The van der Waals surface area contributed by atoms with Crippen LogP contribution >= 0.6 is 0 Å². The van der Waals surface area contributed by atoms with E-state index in [9.17, 15) is 8.42 Å². The second-order valence-electron chi connectivity index (χ2n) is 6.29. The molecule has 1 aromatic carbocycles. The molecule has 0 radical (unpaired) electrons. The van der Waals surface area contributed by atoms with Crippen molar-refractivity contribution in [3.05, 3.63) is 24.3 Å². The van der Waals surface area contributed by atoms with Crippen LogP contribution in [0.4, 0.5) is 0 Å². The van der Waals surface area contributed by atoms with Crippen LogP contribution in [0.3, 0.4) is 0 Å². The summed E-state index contributed by atoms with van der Waals surface area (Å²) in [6.45, 7) is 7.05. The maximum atomic E-state index is 11.3. The van der Waals surface area contributed by atoms with Crippen molar-refractivity contribution in [3.8, 4) is 11.5 Å². The van der Waals surface area contributed by atoms with E-state index in [0.29, 0.717) is 18.9 Å². The summed E-state index contributed by atoms with van der Waals surface area (Å²) in [6.07, 6.45) is 1.65.